The lowest BCUT2D eigenvalue weighted by Gasteiger charge is -2.55. The number of hydrogen-bond donors (Lipinski definition) is 1. The molecule has 1 heterocycles. The summed E-state index contributed by atoms with van der Waals surface area (Å²) in [5, 5.41) is 14.1. The van der Waals surface area contributed by atoms with Crippen molar-refractivity contribution in [2.75, 3.05) is 13.2 Å². The van der Waals surface area contributed by atoms with Crippen LogP contribution >= 0.6 is 0 Å². The molecule has 146 valence electrons. The number of nitrogens with zero attached hydrogens (tertiary/aromatic N) is 3. The Balaban J connectivity index is 1.54. The second-order valence-electron chi connectivity index (χ2n) is 9.21. The monoisotopic (exact) mass is 361 g/mol. The van der Waals surface area contributed by atoms with E-state index in [2.05, 4.69) is 37.8 Å². The van der Waals surface area contributed by atoms with E-state index in [0.717, 1.165) is 12.3 Å². The highest BCUT2D eigenvalue weighted by Crippen LogP contribution is 2.60. The molecule has 0 spiro atoms. The lowest BCUT2D eigenvalue weighted by molar-refractivity contribution is 0.000862. The molecule has 3 rings (SSSR count). The first kappa shape index (κ1) is 19.6. The number of aliphatic hydroxyl groups is 1. The molecule has 0 bridgehead atoms. The fourth-order valence-electron chi connectivity index (χ4n) is 5.68. The van der Waals surface area contributed by atoms with Crippen molar-refractivity contribution < 1.29 is 9.84 Å². The normalized spacial score (nSPS) is 29.5. The van der Waals surface area contributed by atoms with Crippen LogP contribution in [0, 0.1) is 16.7 Å². The van der Waals surface area contributed by atoms with Gasteiger partial charge in [-0.1, -0.05) is 38.3 Å². The van der Waals surface area contributed by atoms with E-state index in [4.69, 9.17) is 4.74 Å². The predicted molar refractivity (Wildman–Crippen MR) is 103 cm³/mol. The van der Waals surface area contributed by atoms with Crippen LogP contribution in [0.2, 0.25) is 0 Å². The molecule has 2 aliphatic rings. The second-order valence-corrected chi connectivity index (χ2v) is 9.21. The summed E-state index contributed by atoms with van der Waals surface area (Å²) in [6.45, 7) is 11.2. The average molecular weight is 362 g/mol. The summed E-state index contributed by atoms with van der Waals surface area (Å²) in [5.74, 6) is 0.778. The Morgan fingerprint density at radius 3 is 2.88 bits per heavy atom. The molecular weight excluding hydrogens is 326 g/mol. The highest BCUT2D eigenvalue weighted by molar-refractivity contribution is 5.27. The van der Waals surface area contributed by atoms with Crippen LogP contribution in [0.25, 0.3) is 0 Å². The smallest absolute Gasteiger partial charge is 0.137 e. The molecule has 3 atom stereocenters. The molecule has 5 nitrogen and oxygen atoms in total. The van der Waals surface area contributed by atoms with Gasteiger partial charge in [-0.15, -0.1) is 0 Å². The fraction of sp³-hybridized carbons (Fsp3) is 0.810. The van der Waals surface area contributed by atoms with Crippen molar-refractivity contribution in [2.24, 2.45) is 16.7 Å². The lowest BCUT2D eigenvalue weighted by atomic mass is 9.50. The summed E-state index contributed by atoms with van der Waals surface area (Å²) in [6.07, 6.45) is 10.1. The van der Waals surface area contributed by atoms with Crippen LogP contribution in [0.3, 0.4) is 0 Å². The quantitative estimate of drug-likeness (QED) is 0.589. The summed E-state index contributed by atoms with van der Waals surface area (Å²) < 4.78 is 7.46. The fourth-order valence-corrected chi connectivity index (χ4v) is 5.68. The molecule has 0 aliphatic heterocycles. The summed E-state index contributed by atoms with van der Waals surface area (Å²) in [7, 11) is 0. The van der Waals surface area contributed by atoms with Crippen molar-refractivity contribution in [3.8, 4) is 0 Å². The van der Waals surface area contributed by atoms with Crippen LogP contribution in [-0.4, -0.2) is 39.2 Å². The van der Waals surface area contributed by atoms with E-state index in [0.29, 0.717) is 30.6 Å². The molecule has 26 heavy (non-hydrogen) atoms. The Labute approximate surface area is 157 Å². The molecule has 2 aliphatic carbocycles. The molecule has 1 aromatic heterocycles. The van der Waals surface area contributed by atoms with Crippen LogP contribution < -0.4 is 0 Å². The molecule has 0 aromatic carbocycles. The summed E-state index contributed by atoms with van der Waals surface area (Å²) in [4.78, 5) is 3.89. The largest absolute Gasteiger partial charge is 0.389 e. The molecule has 1 N–H and O–H groups in total. The Morgan fingerprint density at radius 2 is 2.15 bits per heavy atom. The maximum Gasteiger partial charge on any atom is 0.137 e. The van der Waals surface area contributed by atoms with Gasteiger partial charge in [-0.2, -0.15) is 5.10 Å². The minimum atomic E-state index is -0.546. The van der Waals surface area contributed by atoms with Crippen LogP contribution in [0.1, 0.15) is 66.2 Å². The van der Waals surface area contributed by atoms with Gasteiger partial charge in [0.05, 0.1) is 25.9 Å². The Kier molecular flexibility index (Phi) is 5.88. The third-order valence-corrected chi connectivity index (χ3v) is 6.91. The number of rotatable bonds is 7. The van der Waals surface area contributed by atoms with Crippen molar-refractivity contribution in [1.29, 1.82) is 0 Å². The zero-order valence-corrected chi connectivity index (χ0v) is 16.9. The molecule has 2 unspecified atom stereocenters. The van der Waals surface area contributed by atoms with Gasteiger partial charge < -0.3 is 9.84 Å². The SMILES string of the molecule is CC1=C(CCOCC(O)Cn2cncn2)[C@@]2(C)CCCC(C)(C)C2CC1. The van der Waals surface area contributed by atoms with Gasteiger partial charge >= 0.3 is 0 Å². The van der Waals surface area contributed by atoms with Gasteiger partial charge in [0.1, 0.15) is 12.7 Å². The minimum Gasteiger partial charge on any atom is -0.389 e. The summed E-state index contributed by atoms with van der Waals surface area (Å²) in [6, 6.07) is 0. The van der Waals surface area contributed by atoms with E-state index in [1.54, 1.807) is 22.2 Å². The molecule has 1 aromatic rings. The van der Waals surface area contributed by atoms with Gasteiger partial charge in [0.25, 0.3) is 0 Å². The molecular formula is C21H35N3O2. The molecule has 0 saturated heterocycles. The average Bonchev–Trinajstić information content (AvgIpc) is 3.05. The van der Waals surface area contributed by atoms with Gasteiger partial charge in [-0.25, -0.2) is 4.98 Å². The number of allylic oxidation sites excluding steroid dienone is 1. The van der Waals surface area contributed by atoms with Gasteiger partial charge in [-0.3, -0.25) is 4.68 Å². The first-order valence-electron chi connectivity index (χ1n) is 10.1. The zero-order chi connectivity index (χ0) is 18.8. The van der Waals surface area contributed by atoms with Crippen LogP contribution in [0.5, 0.6) is 0 Å². The van der Waals surface area contributed by atoms with Crippen LogP contribution in [-0.2, 0) is 11.3 Å². The second kappa shape index (κ2) is 7.81. The van der Waals surface area contributed by atoms with Crippen LogP contribution in [0.15, 0.2) is 23.8 Å². The van der Waals surface area contributed by atoms with E-state index in [9.17, 15) is 5.11 Å². The topological polar surface area (TPSA) is 60.2 Å². The van der Waals surface area contributed by atoms with Crippen molar-refractivity contribution in [3.05, 3.63) is 23.8 Å². The number of hydrogen-bond acceptors (Lipinski definition) is 4. The van der Waals surface area contributed by atoms with Crippen molar-refractivity contribution in [2.45, 2.75) is 78.9 Å². The standard InChI is InChI=1S/C21H35N3O2/c1-16-6-7-19-20(2,3)9-5-10-21(19,4)18(16)8-11-26-13-17(25)12-24-15-22-14-23-24/h14-15,17,19,25H,5-13H2,1-4H3/t17?,19?,21-/m1/s1. The van der Waals surface area contributed by atoms with E-state index >= 15 is 0 Å². The van der Waals surface area contributed by atoms with Crippen LogP contribution in [0.4, 0.5) is 0 Å². The molecule has 1 fully saturated rings. The first-order valence-corrected chi connectivity index (χ1v) is 10.1. The van der Waals surface area contributed by atoms with Crippen molar-refractivity contribution >= 4 is 0 Å². The Morgan fingerprint density at radius 1 is 1.35 bits per heavy atom. The summed E-state index contributed by atoms with van der Waals surface area (Å²) in [5.41, 5.74) is 3.97. The Bertz CT molecular complexity index is 623. The molecule has 0 radical (unpaired) electrons. The number of aliphatic hydroxyl groups excluding tert-OH is 1. The highest BCUT2D eigenvalue weighted by atomic mass is 16.5. The van der Waals surface area contributed by atoms with Crippen molar-refractivity contribution in [3.63, 3.8) is 0 Å². The first-order chi connectivity index (χ1) is 12.3. The third kappa shape index (κ3) is 4.04. The van der Waals surface area contributed by atoms with Gasteiger partial charge in [0.2, 0.25) is 0 Å². The number of aromatic nitrogens is 3. The van der Waals surface area contributed by atoms with Gasteiger partial charge in [0, 0.05) is 0 Å². The number of ether oxygens (including phenoxy) is 1. The molecule has 5 heteroatoms. The minimum absolute atomic E-state index is 0.326. The molecule has 0 amide bonds. The maximum absolute atomic E-state index is 10.1. The van der Waals surface area contributed by atoms with Gasteiger partial charge in [-0.05, 0) is 55.8 Å². The summed E-state index contributed by atoms with van der Waals surface area (Å²) >= 11 is 0. The number of fused-ring (bicyclic) bond motifs is 1. The van der Waals surface area contributed by atoms with E-state index < -0.39 is 6.10 Å². The predicted octanol–water partition coefficient (Wildman–Crippen LogP) is 3.99. The van der Waals surface area contributed by atoms with Gasteiger partial charge in [0.15, 0.2) is 0 Å². The van der Waals surface area contributed by atoms with E-state index in [1.807, 2.05) is 0 Å². The maximum atomic E-state index is 10.1. The zero-order valence-electron chi connectivity index (χ0n) is 16.9. The third-order valence-electron chi connectivity index (χ3n) is 6.91. The Hall–Kier alpha value is -1.20. The lowest BCUT2D eigenvalue weighted by Crippen LogP contribution is -2.45. The van der Waals surface area contributed by atoms with Crippen molar-refractivity contribution in [1.82, 2.24) is 14.8 Å². The molecule has 1 saturated carbocycles. The highest BCUT2D eigenvalue weighted by Gasteiger charge is 2.49. The van der Waals surface area contributed by atoms with E-state index in [1.165, 1.54) is 38.4 Å². The van der Waals surface area contributed by atoms with E-state index in [-0.39, 0.29) is 0 Å².